The van der Waals surface area contributed by atoms with Gasteiger partial charge in [0.1, 0.15) is 5.82 Å². The van der Waals surface area contributed by atoms with E-state index in [4.69, 9.17) is 0 Å². The molecular formula is C15H15BrFNO2S. The Balaban J connectivity index is 2.18. The quantitative estimate of drug-likeness (QED) is 0.877. The molecule has 0 saturated carbocycles. The summed E-state index contributed by atoms with van der Waals surface area (Å²) in [5.74, 6) is -0.308. The molecule has 0 aliphatic rings. The van der Waals surface area contributed by atoms with Gasteiger partial charge in [0, 0.05) is 22.5 Å². The van der Waals surface area contributed by atoms with Gasteiger partial charge in [0.2, 0.25) is 0 Å². The van der Waals surface area contributed by atoms with Crippen molar-refractivity contribution in [1.82, 2.24) is 0 Å². The fourth-order valence-electron chi connectivity index (χ4n) is 1.93. The molecule has 0 fully saturated rings. The van der Waals surface area contributed by atoms with E-state index in [1.807, 2.05) is 6.92 Å². The van der Waals surface area contributed by atoms with Gasteiger partial charge < -0.3 is 5.32 Å². The Hall–Kier alpha value is -1.40. The van der Waals surface area contributed by atoms with Crippen LogP contribution in [0.1, 0.15) is 18.5 Å². The summed E-state index contributed by atoms with van der Waals surface area (Å²) < 4.78 is 36.5. The third-order valence-corrected chi connectivity index (χ3v) is 4.90. The zero-order chi connectivity index (χ0) is 15.6. The lowest BCUT2D eigenvalue weighted by molar-refractivity contribution is 0.602. The third kappa shape index (κ3) is 4.04. The van der Waals surface area contributed by atoms with Crippen LogP contribution in [0.15, 0.2) is 51.8 Å². The van der Waals surface area contributed by atoms with E-state index < -0.39 is 9.84 Å². The smallest absolute Gasteiger partial charge is 0.175 e. The summed E-state index contributed by atoms with van der Waals surface area (Å²) in [6.07, 6.45) is 1.18. The molecule has 0 aromatic heterocycles. The van der Waals surface area contributed by atoms with Crippen LogP contribution < -0.4 is 5.32 Å². The molecule has 3 nitrogen and oxygen atoms in total. The van der Waals surface area contributed by atoms with Crippen LogP contribution >= 0.6 is 15.9 Å². The molecule has 1 N–H and O–H groups in total. The molecule has 1 atom stereocenters. The summed E-state index contributed by atoms with van der Waals surface area (Å²) in [6, 6.07) is 11.1. The topological polar surface area (TPSA) is 46.2 Å². The van der Waals surface area contributed by atoms with Crippen LogP contribution in [-0.4, -0.2) is 14.7 Å². The van der Waals surface area contributed by atoms with Gasteiger partial charge in [-0.05, 0) is 58.7 Å². The molecule has 0 spiro atoms. The van der Waals surface area contributed by atoms with E-state index in [9.17, 15) is 12.8 Å². The lowest BCUT2D eigenvalue weighted by Gasteiger charge is -2.17. The van der Waals surface area contributed by atoms with Gasteiger partial charge in [-0.15, -0.1) is 0 Å². The van der Waals surface area contributed by atoms with Gasteiger partial charge in [-0.3, -0.25) is 0 Å². The summed E-state index contributed by atoms with van der Waals surface area (Å²) in [4.78, 5) is 0.293. The van der Waals surface area contributed by atoms with Crippen LogP contribution in [0, 0.1) is 5.82 Å². The maximum atomic E-state index is 13.0. The van der Waals surface area contributed by atoms with E-state index in [0.29, 0.717) is 9.37 Å². The predicted molar refractivity (Wildman–Crippen MR) is 85.7 cm³/mol. The molecule has 0 amide bonds. The highest BCUT2D eigenvalue weighted by molar-refractivity contribution is 9.10. The van der Waals surface area contributed by atoms with Crippen molar-refractivity contribution in [3.63, 3.8) is 0 Å². The molecule has 0 radical (unpaired) electrons. The van der Waals surface area contributed by atoms with Crippen molar-refractivity contribution in [3.8, 4) is 0 Å². The van der Waals surface area contributed by atoms with Crippen molar-refractivity contribution >= 4 is 31.5 Å². The molecule has 1 unspecified atom stereocenters. The van der Waals surface area contributed by atoms with Crippen molar-refractivity contribution in [2.45, 2.75) is 17.9 Å². The zero-order valence-electron chi connectivity index (χ0n) is 11.6. The minimum atomic E-state index is -3.19. The van der Waals surface area contributed by atoms with Crippen molar-refractivity contribution in [3.05, 3.63) is 58.3 Å². The monoisotopic (exact) mass is 371 g/mol. The maximum Gasteiger partial charge on any atom is 0.175 e. The minimum Gasteiger partial charge on any atom is -0.378 e. The van der Waals surface area contributed by atoms with E-state index in [0.717, 1.165) is 11.3 Å². The fraction of sp³-hybridized carbons (Fsp3) is 0.200. The van der Waals surface area contributed by atoms with Gasteiger partial charge in [-0.25, -0.2) is 12.8 Å². The summed E-state index contributed by atoms with van der Waals surface area (Å²) in [5, 5.41) is 3.25. The Bertz CT molecular complexity index is 745. The highest BCUT2D eigenvalue weighted by atomic mass is 79.9. The van der Waals surface area contributed by atoms with Crippen molar-refractivity contribution in [2.75, 3.05) is 11.6 Å². The Morgan fingerprint density at radius 2 is 1.76 bits per heavy atom. The molecule has 6 heteroatoms. The number of sulfone groups is 1. The number of rotatable bonds is 4. The summed E-state index contributed by atoms with van der Waals surface area (Å²) >= 11 is 3.30. The summed E-state index contributed by atoms with van der Waals surface area (Å²) in [5.41, 5.74) is 1.72. The van der Waals surface area contributed by atoms with E-state index in [2.05, 4.69) is 21.2 Å². The highest BCUT2D eigenvalue weighted by Gasteiger charge is 2.11. The Kier molecular flexibility index (Phi) is 4.68. The van der Waals surface area contributed by atoms with Crippen LogP contribution in [0.3, 0.4) is 0 Å². The van der Waals surface area contributed by atoms with Crippen LogP contribution in [0.4, 0.5) is 10.1 Å². The van der Waals surface area contributed by atoms with E-state index in [1.165, 1.54) is 18.4 Å². The Morgan fingerprint density at radius 1 is 1.14 bits per heavy atom. The van der Waals surface area contributed by atoms with Crippen molar-refractivity contribution in [1.29, 1.82) is 0 Å². The largest absolute Gasteiger partial charge is 0.378 e. The molecule has 0 heterocycles. The molecule has 0 aliphatic heterocycles. The average Bonchev–Trinajstić information content (AvgIpc) is 2.41. The lowest BCUT2D eigenvalue weighted by Crippen LogP contribution is -2.07. The lowest BCUT2D eigenvalue weighted by atomic mass is 10.1. The molecule has 0 bridgehead atoms. The van der Waals surface area contributed by atoms with E-state index in [1.54, 1.807) is 30.3 Å². The molecule has 21 heavy (non-hydrogen) atoms. The fourth-order valence-corrected chi connectivity index (χ4v) is 3.02. The molecule has 2 aromatic carbocycles. The summed E-state index contributed by atoms with van der Waals surface area (Å²) in [7, 11) is -3.19. The first kappa shape index (κ1) is 16.0. The third-order valence-electron chi connectivity index (χ3n) is 3.11. The first-order valence-electron chi connectivity index (χ1n) is 6.29. The molecule has 112 valence electrons. The zero-order valence-corrected chi connectivity index (χ0v) is 14.0. The summed E-state index contributed by atoms with van der Waals surface area (Å²) in [6.45, 7) is 1.95. The van der Waals surface area contributed by atoms with Gasteiger partial charge in [0.25, 0.3) is 0 Å². The van der Waals surface area contributed by atoms with Crippen molar-refractivity contribution < 1.29 is 12.8 Å². The standard InChI is InChI=1S/C15H15BrFNO2S/c1-10(18-15-8-5-12(17)9-14(15)16)11-3-6-13(7-4-11)21(2,19)20/h3-10,18H,1-2H3. The number of hydrogen-bond acceptors (Lipinski definition) is 3. The second-order valence-electron chi connectivity index (χ2n) is 4.83. The SMILES string of the molecule is CC(Nc1ccc(F)cc1Br)c1ccc(S(C)(=O)=O)cc1. The van der Waals surface area contributed by atoms with Crippen LogP contribution in [-0.2, 0) is 9.84 Å². The first-order chi connectivity index (χ1) is 9.77. The molecular weight excluding hydrogens is 357 g/mol. The highest BCUT2D eigenvalue weighted by Crippen LogP contribution is 2.27. The average molecular weight is 372 g/mol. The minimum absolute atomic E-state index is 0.0413. The van der Waals surface area contributed by atoms with Crippen LogP contribution in [0.25, 0.3) is 0 Å². The van der Waals surface area contributed by atoms with Gasteiger partial charge in [0.05, 0.1) is 4.90 Å². The van der Waals surface area contributed by atoms with Gasteiger partial charge >= 0.3 is 0 Å². The number of anilines is 1. The van der Waals surface area contributed by atoms with E-state index >= 15 is 0 Å². The molecule has 2 rings (SSSR count). The number of nitrogens with one attached hydrogen (secondary N) is 1. The van der Waals surface area contributed by atoms with Crippen LogP contribution in [0.5, 0.6) is 0 Å². The number of hydrogen-bond donors (Lipinski definition) is 1. The second-order valence-corrected chi connectivity index (χ2v) is 7.70. The Labute approximate surface area is 132 Å². The predicted octanol–water partition coefficient (Wildman–Crippen LogP) is 4.16. The van der Waals surface area contributed by atoms with Gasteiger partial charge in [-0.1, -0.05) is 12.1 Å². The Morgan fingerprint density at radius 3 is 2.29 bits per heavy atom. The maximum absolute atomic E-state index is 13.0. The van der Waals surface area contributed by atoms with Crippen molar-refractivity contribution in [2.24, 2.45) is 0 Å². The number of benzene rings is 2. The molecule has 0 saturated heterocycles. The first-order valence-corrected chi connectivity index (χ1v) is 8.97. The van der Waals surface area contributed by atoms with Crippen LogP contribution in [0.2, 0.25) is 0 Å². The van der Waals surface area contributed by atoms with Gasteiger partial charge in [-0.2, -0.15) is 0 Å². The number of halogens is 2. The van der Waals surface area contributed by atoms with E-state index in [-0.39, 0.29) is 11.9 Å². The molecule has 2 aromatic rings. The van der Waals surface area contributed by atoms with Gasteiger partial charge in [0.15, 0.2) is 9.84 Å². The second kappa shape index (κ2) is 6.15. The normalized spacial score (nSPS) is 13.0. The molecule has 0 aliphatic carbocycles.